The average Bonchev–Trinajstić information content (AvgIpc) is 3.10. The zero-order chi connectivity index (χ0) is 37.7. The lowest BCUT2D eigenvalue weighted by Crippen LogP contribution is -2.33. The first-order valence-corrected chi connectivity index (χ1v) is 20.0. The van der Waals surface area contributed by atoms with Gasteiger partial charge in [0.2, 0.25) is 0 Å². The van der Waals surface area contributed by atoms with Crippen molar-refractivity contribution in [3.05, 3.63) is 60.7 Å². The molecule has 0 saturated carbocycles. The van der Waals surface area contributed by atoms with Crippen molar-refractivity contribution in [1.29, 1.82) is 0 Å². The van der Waals surface area contributed by atoms with Crippen molar-refractivity contribution < 1.29 is 45.9 Å². The van der Waals surface area contributed by atoms with Crippen LogP contribution in [0.2, 0.25) is 0 Å². The number of hydrogen-bond acceptors (Lipinski definition) is 10. The molecule has 2 aromatic rings. The summed E-state index contributed by atoms with van der Waals surface area (Å²) in [6, 6.07) is 19.1. The molecular formula is C38H68N2O10S. The summed E-state index contributed by atoms with van der Waals surface area (Å²) in [5, 5.41) is 0. The quantitative estimate of drug-likeness (QED) is 0.0350. The Bertz CT molecular complexity index is 1010. The molecule has 0 aliphatic carbocycles. The molecule has 0 aromatic heterocycles. The van der Waals surface area contributed by atoms with Crippen LogP contribution in [0.3, 0.4) is 0 Å². The fourth-order valence-electron chi connectivity index (χ4n) is 4.58. The molecule has 0 fully saturated rings. The van der Waals surface area contributed by atoms with Gasteiger partial charge in [0.25, 0.3) is 0 Å². The topological polar surface area (TPSA) is 182 Å². The van der Waals surface area contributed by atoms with Crippen LogP contribution < -0.4 is 20.9 Å². The van der Waals surface area contributed by atoms with Crippen LogP contribution in [0, 0.1) is 0 Å². The van der Waals surface area contributed by atoms with Crippen LogP contribution in [-0.4, -0.2) is 82.8 Å². The van der Waals surface area contributed by atoms with Gasteiger partial charge in [-0.05, 0) is 37.1 Å². The fourth-order valence-corrected chi connectivity index (χ4v) is 4.58. The predicted molar refractivity (Wildman–Crippen MR) is 204 cm³/mol. The number of ether oxygens (including phenoxy) is 6. The second kappa shape index (κ2) is 36.0. The van der Waals surface area contributed by atoms with E-state index in [1.807, 2.05) is 60.7 Å². The molecule has 0 radical (unpaired) electrons. The summed E-state index contributed by atoms with van der Waals surface area (Å²) in [5.74, 6) is 1.53. The van der Waals surface area contributed by atoms with Crippen LogP contribution in [0.25, 0.3) is 0 Å². The van der Waals surface area contributed by atoms with Crippen molar-refractivity contribution in [2.45, 2.75) is 116 Å². The largest absolute Gasteiger partial charge is 0.473 e. The Balaban J connectivity index is 0.000000865. The second-order valence-electron chi connectivity index (χ2n) is 12.0. The summed E-state index contributed by atoms with van der Waals surface area (Å²) < 4.78 is 64.7. The number of rotatable bonds is 30. The predicted octanol–water partition coefficient (Wildman–Crippen LogP) is 7.62. The Labute approximate surface area is 308 Å². The first kappa shape index (κ1) is 48.7. The smallest absolute Gasteiger partial charge is 0.394 e. The summed E-state index contributed by atoms with van der Waals surface area (Å²) in [6.07, 6.45) is 17.4. The Morgan fingerprint density at radius 1 is 0.490 bits per heavy atom. The van der Waals surface area contributed by atoms with E-state index in [1.54, 1.807) is 0 Å². The molecule has 0 spiro atoms. The van der Waals surface area contributed by atoms with Crippen LogP contribution >= 0.6 is 0 Å². The first-order valence-electron chi connectivity index (χ1n) is 18.6. The number of hydrogen-bond donors (Lipinski definition) is 4. The molecule has 296 valence electrons. The molecule has 2 atom stereocenters. The van der Waals surface area contributed by atoms with Gasteiger partial charge in [0.1, 0.15) is 11.5 Å². The lowest BCUT2D eigenvalue weighted by Gasteiger charge is -2.14. The molecule has 2 unspecified atom stereocenters. The number of para-hydroxylation sites is 2. The van der Waals surface area contributed by atoms with Gasteiger partial charge in [0, 0.05) is 13.2 Å². The number of nitrogens with two attached hydrogens (primary N) is 2. The molecule has 13 heteroatoms. The molecule has 0 amide bonds. The summed E-state index contributed by atoms with van der Waals surface area (Å²) >= 11 is 0. The first-order chi connectivity index (χ1) is 24.7. The van der Waals surface area contributed by atoms with E-state index in [0.29, 0.717) is 39.6 Å². The molecule has 2 aromatic carbocycles. The normalized spacial score (nSPS) is 12.2. The van der Waals surface area contributed by atoms with Crippen molar-refractivity contribution in [2.24, 2.45) is 11.5 Å². The van der Waals surface area contributed by atoms with Gasteiger partial charge in [-0.3, -0.25) is 20.6 Å². The molecule has 0 heterocycles. The van der Waals surface area contributed by atoms with E-state index < -0.39 is 22.9 Å². The number of benzene rings is 2. The van der Waals surface area contributed by atoms with Gasteiger partial charge < -0.3 is 28.4 Å². The highest BCUT2D eigenvalue weighted by molar-refractivity contribution is 7.79. The molecule has 0 aliphatic heterocycles. The Hall–Kier alpha value is -2.33. The van der Waals surface area contributed by atoms with Crippen molar-refractivity contribution in [2.75, 3.05) is 52.9 Å². The highest BCUT2D eigenvalue weighted by Gasteiger charge is 2.05. The molecular weight excluding hydrogens is 676 g/mol. The number of unbranched alkanes of at least 4 members (excludes halogenated alkanes) is 12. The molecule has 0 saturated heterocycles. The molecule has 6 N–H and O–H groups in total. The second-order valence-corrected chi connectivity index (χ2v) is 12.9. The lowest BCUT2D eigenvalue weighted by molar-refractivity contribution is 0.0126. The van der Waals surface area contributed by atoms with Gasteiger partial charge in [0.05, 0.1) is 39.6 Å². The minimum absolute atomic E-state index is 0.371. The monoisotopic (exact) mass is 744 g/mol. The van der Waals surface area contributed by atoms with Gasteiger partial charge >= 0.3 is 10.4 Å². The standard InChI is InChI=1S/2C19H33NO3.H2O4S/c2*1-2-3-4-5-6-7-11-14-21-15-16-22-17-19(20)23-18-12-9-8-10-13-18;1-5(2,3)4/h2*8-10,12-13,19H,2-7,11,14-17,20H2,1H3;(H2,1,2,3,4). The van der Waals surface area contributed by atoms with Gasteiger partial charge in [-0.2, -0.15) is 8.42 Å². The summed E-state index contributed by atoms with van der Waals surface area (Å²) in [4.78, 5) is 0. The third-order valence-corrected chi connectivity index (χ3v) is 7.15. The van der Waals surface area contributed by atoms with E-state index in [-0.39, 0.29) is 0 Å². The SMILES string of the molecule is CCCCCCCCCOCCOCC(N)Oc1ccccc1.CCCCCCCCCOCCOCC(N)Oc1ccccc1.O=S(=O)(O)O. The summed E-state index contributed by atoms with van der Waals surface area (Å²) in [5.41, 5.74) is 11.7. The van der Waals surface area contributed by atoms with Crippen LogP contribution in [-0.2, 0) is 29.3 Å². The van der Waals surface area contributed by atoms with Crippen molar-refractivity contribution in [1.82, 2.24) is 0 Å². The van der Waals surface area contributed by atoms with Crippen LogP contribution in [0.4, 0.5) is 0 Å². The molecule has 0 bridgehead atoms. The maximum Gasteiger partial charge on any atom is 0.394 e. The Kier molecular flexibility index (Phi) is 34.4. The van der Waals surface area contributed by atoms with Gasteiger partial charge in [0.15, 0.2) is 12.5 Å². The van der Waals surface area contributed by atoms with Crippen molar-refractivity contribution >= 4 is 10.4 Å². The fraction of sp³-hybridized carbons (Fsp3) is 0.684. The van der Waals surface area contributed by atoms with Crippen LogP contribution in [0.5, 0.6) is 11.5 Å². The van der Waals surface area contributed by atoms with E-state index >= 15 is 0 Å². The third-order valence-electron chi connectivity index (χ3n) is 7.15. The maximum absolute atomic E-state index is 8.74. The van der Waals surface area contributed by atoms with Crippen molar-refractivity contribution in [3.63, 3.8) is 0 Å². The molecule has 51 heavy (non-hydrogen) atoms. The highest BCUT2D eigenvalue weighted by Crippen LogP contribution is 2.11. The average molecular weight is 745 g/mol. The maximum atomic E-state index is 8.74. The van der Waals surface area contributed by atoms with Gasteiger partial charge in [-0.15, -0.1) is 0 Å². The summed E-state index contributed by atoms with van der Waals surface area (Å²) in [6.45, 7) is 9.23. The van der Waals surface area contributed by atoms with Crippen LogP contribution in [0.1, 0.15) is 104 Å². The van der Waals surface area contributed by atoms with Crippen LogP contribution in [0.15, 0.2) is 60.7 Å². The zero-order valence-corrected chi connectivity index (χ0v) is 32.0. The third kappa shape index (κ3) is 40.3. The highest BCUT2D eigenvalue weighted by atomic mass is 32.3. The molecule has 0 aliphatic rings. The Morgan fingerprint density at radius 2 is 0.784 bits per heavy atom. The molecule has 12 nitrogen and oxygen atoms in total. The van der Waals surface area contributed by atoms with E-state index in [9.17, 15) is 0 Å². The Morgan fingerprint density at radius 3 is 1.12 bits per heavy atom. The zero-order valence-electron chi connectivity index (χ0n) is 31.2. The van der Waals surface area contributed by atoms with E-state index in [0.717, 1.165) is 37.6 Å². The summed E-state index contributed by atoms with van der Waals surface area (Å²) in [7, 11) is -4.67. The van der Waals surface area contributed by atoms with Gasteiger partial charge in [-0.1, -0.05) is 127 Å². The van der Waals surface area contributed by atoms with E-state index in [4.69, 9.17) is 57.4 Å². The van der Waals surface area contributed by atoms with Crippen molar-refractivity contribution in [3.8, 4) is 11.5 Å². The van der Waals surface area contributed by atoms with Gasteiger partial charge in [-0.25, -0.2) is 0 Å². The van der Waals surface area contributed by atoms with E-state index in [1.165, 1.54) is 77.0 Å². The lowest BCUT2D eigenvalue weighted by atomic mass is 10.1. The van der Waals surface area contributed by atoms with E-state index in [2.05, 4.69) is 13.8 Å². The molecule has 2 rings (SSSR count). The minimum atomic E-state index is -4.67. The minimum Gasteiger partial charge on any atom is -0.473 e.